The molecule has 2 saturated carbocycles. The normalized spacial score (nSPS) is 35.2. The van der Waals surface area contributed by atoms with E-state index in [-0.39, 0.29) is 0 Å². The van der Waals surface area contributed by atoms with E-state index >= 15 is 0 Å². The van der Waals surface area contributed by atoms with Crippen LogP contribution in [0.5, 0.6) is 0 Å². The Morgan fingerprint density at radius 1 is 1.27 bits per heavy atom. The van der Waals surface area contributed by atoms with Crippen LogP contribution in [0, 0.1) is 17.8 Å². The molecule has 0 amide bonds. The number of hydrogen-bond donors (Lipinski definition) is 2. The van der Waals surface area contributed by atoms with Gasteiger partial charge in [-0.1, -0.05) is 13.3 Å². The van der Waals surface area contributed by atoms with E-state index in [1.54, 1.807) is 0 Å². The highest BCUT2D eigenvalue weighted by Gasteiger charge is 2.51. The topological polar surface area (TPSA) is 24.1 Å². The highest BCUT2D eigenvalue weighted by Crippen LogP contribution is 2.56. The zero-order valence-electron chi connectivity index (χ0n) is 10.3. The fourth-order valence-corrected chi connectivity index (χ4v) is 3.18. The van der Waals surface area contributed by atoms with Crippen molar-refractivity contribution in [1.82, 2.24) is 10.6 Å². The summed E-state index contributed by atoms with van der Waals surface area (Å²) >= 11 is 0. The molecule has 3 atom stereocenters. The quantitative estimate of drug-likeness (QED) is 0.628. The minimum absolute atomic E-state index is 0.637. The summed E-state index contributed by atoms with van der Waals surface area (Å²) in [5.74, 6) is 3.24. The lowest BCUT2D eigenvalue weighted by Gasteiger charge is -2.15. The number of fused-ring (bicyclic) bond motifs is 1. The minimum atomic E-state index is 0.637. The summed E-state index contributed by atoms with van der Waals surface area (Å²) in [6.07, 6.45) is 5.76. The van der Waals surface area contributed by atoms with Crippen LogP contribution >= 0.6 is 0 Å². The van der Waals surface area contributed by atoms with Crippen molar-refractivity contribution in [3.05, 3.63) is 0 Å². The second-order valence-corrected chi connectivity index (χ2v) is 5.44. The molecule has 0 aromatic rings. The smallest absolute Gasteiger partial charge is 0.0164 e. The molecule has 0 aromatic heterocycles. The van der Waals surface area contributed by atoms with Gasteiger partial charge in [0.25, 0.3) is 0 Å². The monoisotopic (exact) mass is 210 g/mol. The molecule has 2 heteroatoms. The van der Waals surface area contributed by atoms with E-state index in [0.717, 1.165) is 30.8 Å². The summed E-state index contributed by atoms with van der Waals surface area (Å²) in [5.41, 5.74) is 0. The van der Waals surface area contributed by atoms with E-state index in [1.807, 2.05) is 0 Å². The molecule has 2 N–H and O–H groups in total. The van der Waals surface area contributed by atoms with Crippen LogP contribution in [0.2, 0.25) is 0 Å². The predicted octanol–water partition coefficient (Wildman–Crippen LogP) is 2.01. The Morgan fingerprint density at radius 2 is 2.00 bits per heavy atom. The first-order valence-corrected chi connectivity index (χ1v) is 6.77. The lowest BCUT2D eigenvalue weighted by molar-refractivity contribution is 0.459. The van der Waals surface area contributed by atoms with Crippen LogP contribution in [0.25, 0.3) is 0 Å². The van der Waals surface area contributed by atoms with Crippen molar-refractivity contribution in [1.29, 1.82) is 0 Å². The summed E-state index contributed by atoms with van der Waals surface area (Å²) in [7, 11) is 0. The molecule has 0 bridgehead atoms. The molecule has 0 spiro atoms. The first kappa shape index (κ1) is 11.4. The van der Waals surface area contributed by atoms with Gasteiger partial charge >= 0.3 is 0 Å². The molecule has 2 rings (SSSR count). The minimum Gasteiger partial charge on any atom is -0.315 e. The van der Waals surface area contributed by atoms with Gasteiger partial charge in [-0.2, -0.15) is 0 Å². The molecular formula is C13H26N2. The molecule has 0 aromatic carbocycles. The Morgan fingerprint density at radius 3 is 2.67 bits per heavy atom. The maximum absolute atomic E-state index is 3.67. The average Bonchev–Trinajstić information content (AvgIpc) is 2.68. The van der Waals surface area contributed by atoms with Gasteiger partial charge in [0.1, 0.15) is 0 Å². The second-order valence-electron chi connectivity index (χ2n) is 5.44. The molecule has 0 aliphatic heterocycles. The number of hydrogen-bond acceptors (Lipinski definition) is 2. The summed E-state index contributed by atoms with van der Waals surface area (Å²) in [6.45, 7) is 8.05. The first-order valence-electron chi connectivity index (χ1n) is 6.77. The number of nitrogens with one attached hydrogen (secondary N) is 2. The van der Waals surface area contributed by atoms with Crippen molar-refractivity contribution in [3.8, 4) is 0 Å². The Labute approximate surface area is 94.2 Å². The highest BCUT2D eigenvalue weighted by atomic mass is 15.0. The van der Waals surface area contributed by atoms with E-state index in [4.69, 9.17) is 0 Å². The van der Waals surface area contributed by atoms with E-state index in [9.17, 15) is 0 Å². The van der Waals surface area contributed by atoms with E-state index in [1.165, 1.54) is 32.2 Å². The third kappa shape index (κ3) is 2.94. The molecular weight excluding hydrogens is 184 g/mol. The SMILES string of the molecule is CCCNCC(C)NCC1C2CCCC21. The highest BCUT2D eigenvalue weighted by molar-refractivity contribution is 5.02. The van der Waals surface area contributed by atoms with Crippen molar-refractivity contribution in [2.45, 2.75) is 45.6 Å². The maximum Gasteiger partial charge on any atom is 0.0164 e. The molecule has 0 heterocycles. The third-order valence-electron chi connectivity index (χ3n) is 4.16. The van der Waals surface area contributed by atoms with Crippen molar-refractivity contribution in [2.24, 2.45) is 17.8 Å². The van der Waals surface area contributed by atoms with Gasteiger partial charge < -0.3 is 10.6 Å². The Kier molecular flexibility index (Phi) is 4.04. The average molecular weight is 210 g/mol. The lowest BCUT2D eigenvalue weighted by atomic mass is 10.1. The van der Waals surface area contributed by atoms with Crippen LogP contribution in [0.1, 0.15) is 39.5 Å². The van der Waals surface area contributed by atoms with Gasteiger partial charge in [-0.25, -0.2) is 0 Å². The molecule has 0 saturated heterocycles. The summed E-state index contributed by atoms with van der Waals surface area (Å²) < 4.78 is 0. The Hall–Kier alpha value is -0.0800. The van der Waals surface area contributed by atoms with E-state index in [0.29, 0.717) is 6.04 Å². The Balaban J connectivity index is 1.50. The summed E-state index contributed by atoms with van der Waals surface area (Å²) in [4.78, 5) is 0. The van der Waals surface area contributed by atoms with Crippen molar-refractivity contribution < 1.29 is 0 Å². The van der Waals surface area contributed by atoms with Gasteiger partial charge in [0.05, 0.1) is 0 Å². The molecule has 2 fully saturated rings. The Bertz CT molecular complexity index is 183. The van der Waals surface area contributed by atoms with E-state index in [2.05, 4.69) is 24.5 Å². The van der Waals surface area contributed by atoms with Gasteiger partial charge in [-0.05, 0) is 57.0 Å². The van der Waals surface area contributed by atoms with Gasteiger partial charge in [-0.3, -0.25) is 0 Å². The van der Waals surface area contributed by atoms with Crippen molar-refractivity contribution >= 4 is 0 Å². The molecule has 88 valence electrons. The fourth-order valence-electron chi connectivity index (χ4n) is 3.18. The predicted molar refractivity (Wildman–Crippen MR) is 64.9 cm³/mol. The fraction of sp³-hybridized carbons (Fsp3) is 1.00. The van der Waals surface area contributed by atoms with Crippen LogP contribution in [-0.2, 0) is 0 Å². The largest absolute Gasteiger partial charge is 0.315 e. The third-order valence-corrected chi connectivity index (χ3v) is 4.16. The molecule has 2 nitrogen and oxygen atoms in total. The van der Waals surface area contributed by atoms with Crippen molar-refractivity contribution in [3.63, 3.8) is 0 Å². The molecule has 2 aliphatic rings. The van der Waals surface area contributed by atoms with Crippen LogP contribution < -0.4 is 10.6 Å². The van der Waals surface area contributed by atoms with Crippen molar-refractivity contribution in [2.75, 3.05) is 19.6 Å². The maximum atomic E-state index is 3.67. The van der Waals surface area contributed by atoms with Gasteiger partial charge in [0.15, 0.2) is 0 Å². The van der Waals surface area contributed by atoms with Gasteiger partial charge in [-0.15, -0.1) is 0 Å². The number of rotatable bonds is 7. The molecule has 3 unspecified atom stereocenters. The summed E-state index contributed by atoms with van der Waals surface area (Å²) in [6, 6.07) is 0.637. The van der Waals surface area contributed by atoms with Crippen LogP contribution in [0.4, 0.5) is 0 Å². The summed E-state index contributed by atoms with van der Waals surface area (Å²) in [5, 5.41) is 7.14. The van der Waals surface area contributed by atoms with Gasteiger partial charge in [0, 0.05) is 12.6 Å². The van der Waals surface area contributed by atoms with Crippen LogP contribution in [-0.4, -0.2) is 25.7 Å². The molecule has 2 aliphatic carbocycles. The molecule has 15 heavy (non-hydrogen) atoms. The van der Waals surface area contributed by atoms with Crippen LogP contribution in [0.15, 0.2) is 0 Å². The zero-order chi connectivity index (χ0) is 10.7. The zero-order valence-corrected chi connectivity index (χ0v) is 10.3. The van der Waals surface area contributed by atoms with Gasteiger partial charge in [0.2, 0.25) is 0 Å². The first-order chi connectivity index (χ1) is 7.33. The second kappa shape index (κ2) is 5.31. The molecule has 0 radical (unpaired) electrons. The lowest BCUT2D eigenvalue weighted by Crippen LogP contribution is -2.37. The van der Waals surface area contributed by atoms with Crippen LogP contribution in [0.3, 0.4) is 0 Å². The van der Waals surface area contributed by atoms with E-state index < -0.39 is 0 Å². The standard InChI is InChI=1S/C13H26N2/c1-3-7-14-8-10(2)15-9-13-11-5-4-6-12(11)13/h10-15H,3-9H2,1-2H3.